The van der Waals surface area contributed by atoms with Gasteiger partial charge in [0.05, 0.1) is 11.1 Å². The lowest BCUT2D eigenvalue weighted by molar-refractivity contribution is -0.154. The molecule has 0 aliphatic carbocycles. The number of piperidine rings is 1. The van der Waals surface area contributed by atoms with Crippen LogP contribution in [0, 0.1) is 0 Å². The Labute approximate surface area is 209 Å². The lowest BCUT2D eigenvalue weighted by atomic mass is 9.88. The fourth-order valence-electron chi connectivity index (χ4n) is 4.48. The van der Waals surface area contributed by atoms with Crippen molar-refractivity contribution in [3.63, 3.8) is 0 Å². The van der Waals surface area contributed by atoms with Crippen molar-refractivity contribution in [2.75, 3.05) is 13.1 Å². The third-order valence-corrected chi connectivity index (χ3v) is 6.79. The van der Waals surface area contributed by atoms with Crippen molar-refractivity contribution in [1.29, 1.82) is 0 Å². The Morgan fingerprint density at radius 1 is 1.09 bits per heavy atom. The molecular weight excluding hydrogens is 492 g/mol. The number of aromatic nitrogens is 1. The first kappa shape index (κ1) is 24.4. The molecule has 1 aromatic heterocycles. The molecule has 1 saturated heterocycles. The van der Waals surface area contributed by atoms with Gasteiger partial charge in [-0.2, -0.15) is 0 Å². The van der Waals surface area contributed by atoms with E-state index in [0.717, 1.165) is 46.9 Å². The first-order valence-corrected chi connectivity index (χ1v) is 12.6. The zero-order valence-electron chi connectivity index (χ0n) is 20.0. The summed E-state index contributed by atoms with van der Waals surface area (Å²) in [6, 6.07) is 16.3. The maximum atomic E-state index is 13.1. The lowest BCUT2D eigenvalue weighted by Crippen LogP contribution is -2.38. The minimum absolute atomic E-state index is 0.0407. The van der Waals surface area contributed by atoms with Gasteiger partial charge in [-0.1, -0.05) is 36.4 Å². The number of benzene rings is 2. The lowest BCUT2D eigenvalue weighted by Gasteiger charge is -2.32. The van der Waals surface area contributed by atoms with Crippen LogP contribution in [0.15, 0.2) is 59.2 Å². The molecule has 3 aromatic rings. The van der Waals surface area contributed by atoms with Crippen LogP contribution in [0.3, 0.4) is 0 Å². The Bertz CT molecular complexity index is 1190. The molecule has 178 valence electrons. The number of nitrogens with zero attached hydrogens (tertiary/aromatic N) is 2. The number of hydrogen-bond acceptors (Lipinski definition) is 4. The van der Waals surface area contributed by atoms with Crippen LogP contribution >= 0.6 is 15.9 Å². The number of carbonyl (C=O) groups excluding carboxylic acids is 2. The quantitative estimate of drug-likeness (QED) is 0.369. The van der Waals surface area contributed by atoms with Crippen LogP contribution in [-0.2, 0) is 16.0 Å². The van der Waals surface area contributed by atoms with Gasteiger partial charge in [0.1, 0.15) is 5.60 Å². The van der Waals surface area contributed by atoms with Crippen molar-refractivity contribution in [3.8, 4) is 0 Å². The van der Waals surface area contributed by atoms with E-state index in [1.807, 2.05) is 49.9 Å². The van der Waals surface area contributed by atoms with E-state index in [9.17, 15) is 9.59 Å². The van der Waals surface area contributed by atoms with E-state index in [1.165, 1.54) is 5.56 Å². The Kier molecular flexibility index (Phi) is 7.36. The number of pyridine rings is 1. The summed E-state index contributed by atoms with van der Waals surface area (Å²) in [6.45, 7) is 7.11. The fourth-order valence-corrected chi connectivity index (χ4v) is 4.96. The number of fused-ring (bicyclic) bond motifs is 1. The van der Waals surface area contributed by atoms with Gasteiger partial charge in [-0.05, 0) is 85.1 Å². The Morgan fingerprint density at radius 2 is 1.82 bits per heavy atom. The summed E-state index contributed by atoms with van der Waals surface area (Å²) >= 11 is 3.52. The maximum Gasteiger partial charge on any atom is 0.306 e. The number of amides is 1. The van der Waals surface area contributed by atoms with Crippen LogP contribution in [0.1, 0.15) is 67.4 Å². The SMILES string of the molecule is CC(C)(C)OC(=O)CCc1cccc(C2CCN(C(=O)c3cnc4c(Br)cccc4c3)CC2)c1. The van der Waals surface area contributed by atoms with E-state index in [-0.39, 0.29) is 11.9 Å². The van der Waals surface area contributed by atoms with Gasteiger partial charge in [-0.3, -0.25) is 14.6 Å². The molecule has 0 atom stereocenters. The van der Waals surface area contributed by atoms with Crippen LogP contribution in [-0.4, -0.2) is 40.5 Å². The molecule has 1 aliphatic heterocycles. The fraction of sp³-hybridized carbons (Fsp3) is 0.393. The summed E-state index contributed by atoms with van der Waals surface area (Å²) in [5.74, 6) is 0.287. The predicted molar refractivity (Wildman–Crippen MR) is 138 cm³/mol. The van der Waals surface area contributed by atoms with Gasteiger partial charge in [-0.15, -0.1) is 0 Å². The Hall–Kier alpha value is -2.73. The highest BCUT2D eigenvalue weighted by molar-refractivity contribution is 9.10. The second-order valence-corrected chi connectivity index (χ2v) is 10.8. The van der Waals surface area contributed by atoms with Crippen molar-refractivity contribution >= 4 is 38.7 Å². The molecule has 6 heteroatoms. The van der Waals surface area contributed by atoms with Crippen LogP contribution < -0.4 is 0 Å². The smallest absolute Gasteiger partial charge is 0.306 e. The zero-order valence-corrected chi connectivity index (χ0v) is 21.6. The summed E-state index contributed by atoms with van der Waals surface area (Å²) in [6.07, 6.45) is 4.58. The number of rotatable bonds is 5. The Morgan fingerprint density at radius 3 is 2.56 bits per heavy atom. The van der Waals surface area contributed by atoms with Crippen molar-refractivity contribution in [3.05, 3.63) is 75.9 Å². The number of esters is 1. The molecular formula is C28H31BrN2O3. The molecule has 0 spiro atoms. The number of likely N-dealkylation sites (tertiary alicyclic amines) is 1. The van der Waals surface area contributed by atoms with E-state index < -0.39 is 5.60 Å². The molecule has 0 radical (unpaired) electrons. The van der Waals surface area contributed by atoms with Crippen molar-refractivity contribution in [2.24, 2.45) is 0 Å². The van der Waals surface area contributed by atoms with Gasteiger partial charge >= 0.3 is 5.97 Å². The topological polar surface area (TPSA) is 59.5 Å². The minimum Gasteiger partial charge on any atom is -0.460 e. The molecule has 1 fully saturated rings. The molecule has 0 saturated carbocycles. The van der Waals surface area contributed by atoms with Crippen molar-refractivity contribution < 1.29 is 14.3 Å². The van der Waals surface area contributed by atoms with Gasteiger partial charge in [0.2, 0.25) is 0 Å². The number of halogens is 1. The maximum absolute atomic E-state index is 13.1. The molecule has 1 amide bonds. The number of hydrogen-bond donors (Lipinski definition) is 0. The zero-order chi connectivity index (χ0) is 24.3. The van der Waals surface area contributed by atoms with E-state index in [4.69, 9.17) is 4.74 Å². The number of aryl methyl sites for hydroxylation is 1. The van der Waals surface area contributed by atoms with Crippen LogP contribution in [0.4, 0.5) is 0 Å². The molecule has 0 N–H and O–H groups in total. The van der Waals surface area contributed by atoms with Gasteiger partial charge in [-0.25, -0.2) is 0 Å². The molecule has 4 rings (SSSR count). The molecule has 2 heterocycles. The number of para-hydroxylation sites is 1. The van der Waals surface area contributed by atoms with Crippen LogP contribution in [0.25, 0.3) is 10.9 Å². The Balaban J connectivity index is 1.35. The van der Waals surface area contributed by atoms with Crippen LogP contribution in [0.2, 0.25) is 0 Å². The summed E-state index contributed by atoms with van der Waals surface area (Å²) in [5.41, 5.74) is 3.48. The summed E-state index contributed by atoms with van der Waals surface area (Å²) < 4.78 is 6.35. The third-order valence-electron chi connectivity index (χ3n) is 6.15. The normalized spacial score (nSPS) is 14.9. The van der Waals surface area contributed by atoms with Gasteiger partial charge in [0.25, 0.3) is 5.91 Å². The second-order valence-electron chi connectivity index (χ2n) is 9.93. The highest BCUT2D eigenvalue weighted by Crippen LogP contribution is 2.30. The first-order chi connectivity index (χ1) is 16.2. The summed E-state index contributed by atoms with van der Waals surface area (Å²) in [7, 11) is 0. The molecule has 0 unspecified atom stereocenters. The number of carbonyl (C=O) groups is 2. The summed E-state index contributed by atoms with van der Waals surface area (Å²) in [5, 5.41) is 0.957. The predicted octanol–water partition coefficient (Wildman–Crippen LogP) is 6.29. The third kappa shape index (κ3) is 6.03. The van der Waals surface area contributed by atoms with Crippen molar-refractivity contribution in [1.82, 2.24) is 9.88 Å². The average molecular weight is 523 g/mol. The average Bonchev–Trinajstić information content (AvgIpc) is 2.81. The highest BCUT2D eigenvalue weighted by atomic mass is 79.9. The summed E-state index contributed by atoms with van der Waals surface area (Å²) in [4.78, 5) is 31.6. The van der Waals surface area contributed by atoms with Crippen molar-refractivity contribution in [2.45, 2.75) is 58.0 Å². The van der Waals surface area contributed by atoms with Crippen LogP contribution in [0.5, 0.6) is 0 Å². The largest absolute Gasteiger partial charge is 0.460 e. The van der Waals surface area contributed by atoms with E-state index in [1.54, 1.807) is 6.20 Å². The molecule has 0 bridgehead atoms. The monoisotopic (exact) mass is 522 g/mol. The van der Waals surface area contributed by atoms with Gasteiger partial charge < -0.3 is 9.64 Å². The van der Waals surface area contributed by atoms with E-state index >= 15 is 0 Å². The number of ether oxygens (including phenoxy) is 1. The molecule has 34 heavy (non-hydrogen) atoms. The van der Waals surface area contributed by atoms with Gasteiger partial charge in [0, 0.05) is 35.6 Å². The standard InChI is InChI=1S/C28H31BrN2O3/c1-28(2,3)34-25(32)11-10-19-6-4-7-21(16-19)20-12-14-31(15-13-20)27(33)23-17-22-8-5-9-24(29)26(22)30-18-23/h4-9,16-18,20H,10-15H2,1-3H3. The highest BCUT2D eigenvalue weighted by Gasteiger charge is 2.25. The molecule has 1 aliphatic rings. The molecule has 5 nitrogen and oxygen atoms in total. The van der Waals surface area contributed by atoms with E-state index in [2.05, 4.69) is 45.2 Å². The molecule has 2 aromatic carbocycles. The minimum atomic E-state index is -0.454. The van der Waals surface area contributed by atoms with E-state index in [0.29, 0.717) is 24.3 Å². The second kappa shape index (κ2) is 10.3. The first-order valence-electron chi connectivity index (χ1n) is 11.8. The van der Waals surface area contributed by atoms with Gasteiger partial charge in [0.15, 0.2) is 0 Å².